The second-order valence-electron chi connectivity index (χ2n) is 5.04. The lowest BCUT2D eigenvalue weighted by molar-refractivity contribution is 0.445. The van der Waals surface area contributed by atoms with E-state index < -0.39 is 0 Å². The number of rotatable bonds is 4. The Labute approximate surface area is 119 Å². The van der Waals surface area contributed by atoms with Crippen LogP contribution in [0.5, 0.6) is 0 Å². The lowest BCUT2D eigenvalue weighted by Crippen LogP contribution is -2.16. The third kappa shape index (κ3) is 2.47. The average molecular weight is 265 g/mol. The van der Waals surface area contributed by atoms with Crippen molar-refractivity contribution < 1.29 is 4.42 Å². The van der Waals surface area contributed by atoms with E-state index in [1.165, 1.54) is 10.8 Å². The first-order valence-electron chi connectivity index (χ1n) is 7.10. The molecule has 0 spiro atoms. The van der Waals surface area contributed by atoms with E-state index in [1.54, 1.807) is 0 Å². The number of nitrogens with one attached hydrogen (secondary N) is 1. The summed E-state index contributed by atoms with van der Waals surface area (Å²) < 4.78 is 5.97. The van der Waals surface area contributed by atoms with Gasteiger partial charge in [0.15, 0.2) is 0 Å². The van der Waals surface area contributed by atoms with Crippen LogP contribution in [0.2, 0.25) is 0 Å². The van der Waals surface area contributed by atoms with Gasteiger partial charge in [0.25, 0.3) is 0 Å². The Kier molecular flexibility index (Phi) is 3.57. The normalized spacial score (nSPS) is 12.7. The molecule has 0 saturated heterocycles. The van der Waals surface area contributed by atoms with E-state index in [-0.39, 0.29) is 6.04 Å². The molecule has 1 atom stereocenters. The maximum Gasteiger partial charge on any atom is 0.134 e. The lowest BCUT2D eigenvalue weighted by atomic mass is 10.1. The van der Waals surface area contributed by atoms with Crippen LogP contribution < -0.4 is 5.32 Å². The number of hydrogen-bond donors (Lipinski definition) is 1. The Hall–Kier alpha value is -2.06. The minimum Gasteiger partial charge on any atom is -0.459 e. The van der Waals surface area contributed by atoms with Crippen LogP contribution in [0.25, 0.3) is 22.1 Å². The Morgan fingerprint density at radius 3 is 2.60 bits per heavy atom. The molecule has 0 aliphatic carbocycles. The van der Waals surface area contributed by atoms with Crippen molar-refractivity contribution in [1.82, 2.24) is 5.32 Å². The van der Waals surface area contributed by atoms with Crippen molar-refractivity contribution in [2.24, 2.45) is 0 Å². The summed E-state index contributed by atoms with van der Waals surface area (Å²) in [7, 11) is 0. The van der Waals surface area contributed by atoms with Gasteiger partial charge in [-0.15, -0.1) is 0 Å². The summed E-state index contributed by atoms with van der Waals surface area (Å²) in [4.78, 5) is 0. The summed E-state index contributed by atoms with van der Waals surface area (Å²) in [6.07, 6.45) is 0. The first-order chi connectivity index (χ1) is 9.78. The van der Waals surface area contributed by atoms with Gasteiger partial charge in [-0.25, -0.2) is 0 Å². The SMILES string of the molecule is CCNC(C)c1ccc(-c2ccc3ccccc3c2)o1. The summed E-state index contributed by atoms with van der Waals surface area (Å²) in [6, 6.07) is 19.2. The molecule has 1 heterocycles. The highest BCUT2D eigenvalue weighted by Crippen LogP contribution is 2.28. The molecule has 0 bridgehead atoms. The molecule has 2 aromatic carbocycles. The van der Waals surface area contributed by atoms with E-state index in [0.717, 1.165) is 23.6 Å². The van der Waals surface area contributed by atoms with Gasteiger partial charge in [0.1, 0.15) is 11.5 Å². The van der Waals surface area contributed by atoms with Crippen LogP contribution >= 0.6 is 0 Å². The molecule has 2 nitrogen and oxygen atoms in total. The molecule has 3 rings (SSSR count). The summed E-state index contributed by atoms with van der Waals surface area (Å²) in [5.41, 5.74) is 1.12. The molecule has 0 saturated carbocycles. The van der Waals surface area contributed by atoms with Crippen molar-refractivity contribution in [2.75, 3.05) is 6.54 Å². The van der Waals surface area contributed by atoms with Crippen LogP contribution in [0.1, 0.15) is 25.6 Å². The fraction of sp³-hybridized carbons (Fsp3) is 0.222. The molecule has 1 N–H and O–H groups in total. The first kappa shape index (κ1) is 12.9. The second-order valence-corrected chi connectivity index (χ2v) is 5.04. The number of fused-ring (bicyclic) bond motifs is 1. The van der Waals surface area contributed by atoms with Crippen molar-refractivity contribution in [2.45, 2.75) is 19.9 Å². The quantitative estimate of drug-likeness (QED) is 0.735. The van der Waals surface area contributed by atoms with E-state index in [9.17, 15) is 0 Å². The van der Waals surface area contributed by atoms with Gasteiger partial charge in [-0.05, 0) is 42.4 Å². The summed E-state index contributed by atoms with van der Waals surface area (Å²) in [6.45, 7) is 5.16. The van der Waals surface area contributed by atoms with Crippen molar-refractivity contribution in [3.05, 3.63) is 60.4 Å². The van der Waals surface area contributed by atoms with Gasteiger partial charge in [-0.3, -0.25) is 0 Å². The zero-order valence-corrected chi connectivity index (χ0v) is 11.9. The predicted octanol–water partition coefficient (Wildman–Crippen LogP) is 4.77. The largest absolute Gasteiger partial charge is 0.459 e. The molecule has 0 radical (unpaired) electrons. The molecular weight excluding hydrogens is 246 g/mol. The van der Waals surface area contributed by atoms with Gasteiger partial charge in [0, 0.05) is 5.56 Å². The van der Waals surface area contributed by atoms with E-state index in [1.807, 2.05) is 6.07 Å². The second kappa shape index (κ2) is 5.51. The molecule has 3 aromatic rings. The highest BCUT2D eigenvalue weighted by Gasteiger charge is 2.10. The molecule has 1 aromatic heterocycles. The first-order valence-corrected chi connectivity index (χ1v) is 7.10. The molecule has 0 fully saturated rings. The maximum atomic E-state index is 5.97. The molecular formula is C18H19NO. The third-order valence-corrected chi connectivity index (χ3v) is 3.60. The highest BCUT2D eigenvalue weighted by molar-refractivity contribution is 5.86. The van der Waals surface area contributed by atoms with Crippen LogP contribution in [0.15, 0.2) is 59.0 Å². The van der Waals surface area contributed by atoms with Crippen molar-refractivity contribution in [3.63, 3.8) is 0 Å². The monoisotopic (exact) mass is 265 g/mol. The Morgan fingerprint density at radius 2 is 1.80 bits per heavy atom. The summed E-state index contributed by atoms with van der Waals surface area (Å²) in [5.74, 6) is 1.91. The minimum absolute atomic E-state index is 0.245. The van der Waals surface area contributed by atoms with Crippen molar-refractivity contribution in [1.29, 1.82) is 0 Å². The fourth-order valence-electron chi connectivity index (χ4n) is 2.49. The van der Waals surface area contributed by atoms with Gasteiger partial charge in [-0.2, -0.15) is 0 Å². The van der Waals surface area contributed by atoms with Crippen LogP contribution in [0.3, 0.4) is 0 Å². The smallest absolute Gasteiger partial charge is 0.134 e. The molecule has 0 aliphatic rings. The van der Waals surface area contributed by atoms with Gasteiger partial charge >= 0.3 is 0 Å². The number of benzene rings is 2. The minimum atomic E-state index is 0.245. The van der Waals surface area contributed by atoms with E-state index in [0.29, 0.717) is 0 Å². The summed E-state index contributed by atoms with van der Waals surface area (Å²) in [5, 5.41) is 5.85. The zero-order valence-electron chi connectivity index (χ0n) is 11.9. The maximum absolute atomic E-state index is 5.97. The summed E-state index contributed by atoms with van der Waals surface area (Å²) >= 11 is 0. The van der Waals surface area contributed by atoms with Gasteiger partial charge < -0.3 is 9.73 Å². The average Bonchev–Trinajstić information content (AvgIpc) is 2.97. The molecule has 0 aliphatic heterocycles. The Bertz CT molecular complexity index is 714. The van der Waals surface area contributed by atoms with Crippen LogP contribution in [0, 0.1) is 0 Å². The highest BCUT2D eigenvalue weighted by atomic mass is 16.3. The zero-order chi connectivity index (χ0) is 13.9. The van der Waals surface area contributed by atoms with E-state index >= 15 is 0 Å². The topological polar surface area (TPSA) is 25.2 Å². The molecule has 0 amide bonds. The number of furan rings is 1. The van der Waals surface area contributed by atoms with Gasteiger partial charge in [-0.1, -0.05) is 43.3 Å². The van der Waals surface area contributed by atoms with Crippen molar-refractivity contribution >= 4 is 10.8 Å². The van der Waals surface area contributed by atoms with Crippen LogP contribution in [-0.2, 0) is 0 Å². The fourth-order valence-corrected chi connectivity index (χ4v) is 2.49. The molecule has 1 unspecified atom stereocenters. The molecule has 102 valence electrons. The number of hydrogen-bond acceptors (Lipinski definition) is 2. The molecule has 20 heavy (non-hydrogen) atoms. The van der Waals surface area contributed by atoms with Crippen molar-refractivity contribution in [3.8, 4) is 11.3 Å². The molecule has 2 heteroatoms. The van der Waals surface area contributed by atoms with Crippen LogP contribution in [-0.4, -0.2) is 6.54 Å². The lowest BCUT2D eigenvalue weighted by Gasteiger charge is -2.08. The predicted molar refractivity (Wildman–Crippen MR) is 83.7 cm³/mol. The third-order valence-electron chi connectivity index (χ3n) is 3.60. The van der Waals surface area contributed by atoms with E-state index in [2.05, 4.69) is 67.7 Å². The van der Waals surface area contributed by atoms with Gasteiger partial charge in [0.2, 0.25) is 0 Å². The van der Waals surface area contributed by atoms with Crippen LogP contribution in [0.4, 0.5) is 0 Å². The standard InChI is InChI=1S/C18H19NO/c1-3-19-13(2)17-10-11-18(20-17)16-9-8-14-6-4-5-7-15(14)12-16/h4-13,19H,3H2,1-2H3. The van der Waals surface area contributed by atoms with E-state index in [4.69, 9.17) is 4.42 Å². The Morgan fingerprint density at radius 1 is 1.00 bits per heavy atom. The Balaban J connectivity index is 1.94. The van der Waals surface area contributed by atoms with Gasteiger partial charge in [0.05, 0.1) is 6.04 Å².